The number of nitrogen functional groups attached to an aromatic ring is 1. The van der Waals surface area contributed by atoms with Crippen molar-refractivity contribution in [3.8, 4) is 0 Å². The molecule has 2 aromatic carbocycles. The van der Waals surface area contributed by atoms with Crippen molar-refractivity contribution in [3.05, 3.63) is 70.8 Å². The minimum atomic E-state index is -0.264. The Bertz CT molecular complexity index is 986. The molecule has 28 heavy (non-hydrogen) atoms. The largest absolute Gasteiger partial charge is 0.383 e. The molecule has 0 spiro atoms. The van der Waals surface area contributed by atoms with E-state index in [0.29, 0.717) is 6.54 Å². The molecular formula is C22H27N5O. The molecule has 1 fully saturated rings. The van der Waals surface area contributed by atoms with Crippen molar-refractivity contribution >= 4 is 16.6 Å². The molecule has 1 saturated heterocycles. The van der Waals surface area contributed by atoms with E-state index in [4.69, 9.17) is 5.73 Å². The molecule has 3 aromatic rings. The maximum Gasteiger partial charge on any atom is 0.349 e. The SMILES string of the molecule is Nc1ccn(CCCN2CCN(Cc3cccc4ccccc34)CC2)c(=O)n1. The van der Waals surface area contributed by atoms with Crippen molar-refractivity contribution in [2.75, 3.05) is 38.5 Å². The predicted molar refractivity (Wildman–Crippen MR) is 113 cm³/mol. The fourth-order valence-corrected chi connectivity index (χ4v) is 3.92. The van der Waals surface area contributed by atoms with Gasteiger partial charge in [-0.1, -0.05) is 42.5 Å². The van der Waals surface area contributed by atoms with Gasteiger partial charge in [0.05, 0.1) is 0 Å². The summed E-state index contributed by atoms with van der Waals surface area (Å²) in [5.74, 6) is 0.281. The highest BCUT2D eigenvalue weighted by atomic mass is 16.1. The minimum Gasteiger partial charge on any atom is -0.383 e. The Morgan fingerprint density at radius 2 is 1.64 bits per heavy atom. The second-order valence-electron chi connectivity index (χ2n) is 7.44. The average Bonchev–Trinajstić information content (AvgIpc) is 2.71. The lowest BCUT2D eigenvalue weighted by molar-refractivity contribution is 0.125. The van der Waals surface area contributed by atoms with Gasteiger partial charge in [-0.05, 0) is 35.4 Å². The average molecular weight is 377 g/mol. The van der Waals surface area contributed by atoms with Gasteiger partial charge in [-0.25, -0.2) is 4.79 Å². The molecule has 2 N–H and O–H groups in total. The van der Waals surface area contributed by atoms with E-state index in [0.717, 1.165) is 45.7 Å². The van der Waals surface area contributed by atoms with Crippen molar-refractivity contribution in [2.45, 2.75) is 19.5 Å². The lowest BCUT2D eigenvalue weighted by atomic mass is 10.0. The van der Waals surface area contributed by atoms with Crippen LogP contribution < -0.4 is 11.4 Å². The molecule has 1 aromatic heterocycles. The first kappa shape index (κ1) is 18.7. The van der Waals surface area contributed by atoms with E-state index in [1.807, 2.05) is 0 Å². The Balaban J connectivity index is 1.26. The van der Waals surface area contributed by atoms with Gasteiger partial charge in [0.2, 0.25) is 0 Å². The third-order valence-corrected chi connectivity index (χ3v) is 5.51. The van der Waals surface area contributed by atoms with Crippen LogP contribution in [-0.2, 0) is 13.1 Å². The topological polar surface area (TPSA) is 67.4 Å². The molecular weight excluding hydrogens is 350 g/mol. The van der Waals surface area contributed by atoms with Crippen LogP contribution in [0.25, 0.3) is 10.8 Å². The molecule has 6 heteroatoms. The monoisotopic (exact) mass is 377 g/mol. The molecule has 0 amide bonds. The van der Waals surface area contributed by atoms with Crippen LogP contribution >= 0.6 is 0 Å². The number of piperazine rings is 1. The highest BCUT2D eigenvalue weighted by Crippen LogP contribution is 2.20. The first-order chi connectivity index (χ1) is 13.7. The maximum atomic E-state index is 11.8. The smallest absolute Gasteiger partial charge is 0.349 e. The van der Waals surface area contributed by atoms with Crippen LogP contribution in [0.5, 0.6) is 0 Å². The van der Waals surface area contributed by atoms with Crippen molar-refractivity contribution in [1.29, 1.82) is 0 Å². The normalized spacial score (nSPS) is 15.9. The third kappa shape index (κ3) is 4.40. The van der Waals surface area contributed by atoms with E-state index in [1.54, 1.807) is 16.8 Å². The number of aryl methyl sites for hydroxylation is 1. The number of anilines is 1. The van der Waals surface area contributed by atoms with Gasteiger partial charge in [0.25, 0.3) is 0 Å². The van der Waals surface area contributed by atoms with Crippen molar-refractivity contribution in [2.24, 2.45) is 0 Å². The summed E-state index contributed by atoms with van der Waals surface area (Å²) in [5.41, 5.74) is 6.68. The molecule has 0 atom stereocenters. The Labute approximate surface area is 165 Å². The van der Waals surface area contributed by atoms with Gasteiger partial charge in [0.1, 0.15) is 5.82 Å². The molecule has 0 radical (unpaired) electrons. The molecule has 1 aliphatic heterocycles. The van der Waals surface area contributed by atoms with Crippen LogP contribution in [0.1, 0.15) is 12.0 Å². The van der Waals surface area contributed by atoms with E-state index < -0.39 is 0 Å². The Morgan fingerprint density at radius 3 is 2.46 bits per heavy atom. The molecule has 146 valence electrons. The van der Waals surface area contributed by atoms with Crippen LogP contribution in [0.15, 0.2) is 59.5 Å². The molecule has 0 unspecified atom stereocenters. The zero-order chi connectivity index (χ0) is 19.3. The first-order valence-electron chi connectivity index (χ1n) is 9.93. The number of rotatable bonds is 6. The summed E-state index contributed by atoms with van der Waals surface area (Å²) in [7, 11) is 0. The minimum absolute atomic E-state index is 0.264. The molecule has 6 nitrogen and oxygen atoms in total. The molecule has 0 aliphatic carbocycles. The van der Waals surface area contributed by atoms with Gasteiger partial charge in [-0.3, -0.25) is 9.47 Å². The molecule has 2 heterocycles. The highest BCUT2D eigenvalue weighted by Gasteiger charge is 2.17. The molecule has 0 saturated carbocycles. The van der Waals surface area contributed by atoms with Crippen LogP contribution in [0.3, 0.4) is 0 Å². The fraction of sp³-hybridized carbons (Fsp3) is 0.364. The summed E-state index contributed by atoms with van der Waals surface area (Å²) in [5, 5.41) is 2.67. The van der Waals surface area contributed by atoms with Crippen molar-refractivity contribution in [3.63, 3.8) is 0 Å². The third-order valence-electron chi connectivity index (χ3n) is 5.51. The molecule has 4 rings (SSSR count). The number of fused-ring (bicyclic) bond motifs is 1. The van der Waals surface area contributed by atoms with Crippen LogP contribution in [0.2, 0.25) is 0 Å². The number of aromatic nitrogens is 2. The van der Waals surface area contributed by atoms with Crippen molar-refractivity contribution in [1.82, 2.24) is 19.4 Å². The number of hydrogen-bond acceptors (Lipinski definition) is 5. The lowest BCUT2D eigenvalue weighted by Crippen LogP contribution is -2.46. The summed E-state index contributed by atoms with van der Waals surface area (Å²) in [6.07, 6.45) is 2.67. The zero-order valence-corrected chi connectivity index (χ0v) is 16.1. The van der Waals surface area contributed by atoms with Gasteiger partial charge in [0, 0.05) is 45.5 Å². The summed E-state index contributed by atoms with van der Waals surface area (Å²) in [4.78, 5) is 20.6. The Hall–Kier alpha value is -2.70. The number of nitrogens with zero attached hydrogens (tertiary/aromatic N) is 4. The second-order valence-corrected chi connectivity index (χ2v) is 7.44. The zero-order valence-electron chi connectivity index (χ0n) is 16.1. The first-order valence-corrected chi connectivity index (χ1v) is 9.93. The molecule has 1 aliphatic rings. The lowest BCUT2D eigenvalue weighted by Gasteiger charge is -2.35. The van der Waals surface area contributed by atoms with E-state index in [1.165, 1.54) is 16.3 Å². The quantitative estimate of drug-likeness (QED) is 0.713. The molecule has 0 bridgehead atoms. The van der Waals surface area contributed by atoms with Gasteiger partial charge < -0.3 is 10.6 Å². The van der Waals surface area contributed by atoms with Gasteiger partial charge >= 0.3 is 5.69 Å². The van der Waals surface area contributed by atoms with Gasteiger partial charge in [0.15, 0.2) is 0 Å². The standard InChI is InChI=1S/C22H27N5O/c23-21-9-12-27(22(28)24-21)11-4-10-25-13-15-26(16-14-25)17-19-7-3-6-18-5-1-2-8-20(18)19/h1-3,5-9,12H,4,10-11,13-17H2,(H2,23,24,28). The van der Waals surface area contributed by atoms with Crippen LogP contribution in [-0.4, -0.2) is 52.1 Å². The number of benzene rings is 2. The van der Waals surface area contributed by atoms with Gasteiger partial charge in [-0.15, -0.1) is 0 Å². The van der Waals surface area contributed by atoms with E-state index in [2.05, 4.69) is 57.2 Å². The highest BCUT2D eigenvalue weighted by molar-refractivity contribution is 5.85. The maximum absolute atomic E-state index is 11.8. The number of nitrogens with two attached hydrogens (primary N) is 1. The summed E-state index contributed by atoms with van der Waals surface area (Å²) >= 11 is 0. The second kappa shape index (κ2) is 8.54. The van der Waals surface area contributed by atoms with Crippen molar-refractivity contribution < 1.29 is 0 Å². The van der Waals surface area contributed by atoms with E-state index in [-0.39, 0.29) is 11.5 Å². The Kier molecular flexibility index (Phi) is 5.69. The fourth-order valence-electron chi connectivity index (χ4n) is 3.92. The number of hydrogen-bond donors (Lipinski definition) is 1. The van der Waals surface area contributed by atoms with E-state index in [9.17, 15) is 4.79 Å². The van der Waals surface area contributed by atoms with Crippen LogP contribution in [0, 0.1) is 0 Å². The summed E-state index contributed by atoms with van der Waals surface area (Å²) in [6.45, 7) is 6.97. The summed E-state index contributed by atoms with van der Waals surface area (Å²) in [6, 6.07) is 16.9. The Morgan fingerprint density at radius 1 is 0.893 bits per heavy atom. The van der Waals surface area contributed by atoms with E-state index >= 15 is 0 Å². The predicted octanol–water partition coefficient (Wildman–Crippen LogP) is 2.19. The van der Waals surface area contributed by atoms with Crippen LogP contribution in [0.4, 0.5) is 5.82 Å². The van der Waals surface area contributed by atoms with Gasteiger partial charge in [-0.2, -0.15) is 4.98 Å². The summed E-state index contributed by atoms with van der Waals surface area (Å²) < 4.78 is 1.63.